The van der Waals surface area contributed by atoms with E-state index in [2.05, 4.69) is 0 Å². The number of Topliss-reactive ketones (excluding diaryl/α,β-unsaturated/α-hetero) is 2. The molecule has 1 aliphatic rings. The van der Waals surface area contributed by atoms with Gasteiger partial charge in [-0.1, -0.05) is 11.6 Å². The summed E-state index contributed by atoms with van der Waals surface area (Å²) in [6, 6.07) is 9.10. The molecule has 8 heteroatoms. The summed E-state index contributed by atoms with van der Waals surface area (Å²) in [6.45, 7) is 4.34. The van der Waals surface area contributed by atoms with Crippen molar-refractivity contribution in [1.82, 2.24) is 4.90 Å². The zero-order chi connectivity index (χ0) is 21.8. The maximum Gasteiger partial charge on any atom is 0.260 e. The molecule has 1 saturated heterocycles. The molecule has 0 radical (unpaired) electrons. The lowest BCUT2D eigenvalue weighted by atomic mass is 10.1. The van der Waals surface area contributed by atoms with Gasteiger partial charge in [-0.3, -0.25) is 14.4 Å². The molecule has 0 N–H and O–H groups in total. The minimum atomic E-state index is -0.453. The highest BCUT2D eigenvalue weighted by Gasteiger charge is 2.24. The van der Waals surface area contributed by atoms with Crippen molar-refractivity contribution in [2.24, 2.45) is 0 Å². The van der Waals surface area contributed by atoms with Gasteiger partial charge >= 0.3 is 0 Å². The monoisotopic (exact) mass is 432 g/mol. The number of ketones is 2. The lowest BCUT2D eigenvalue weighted by Crippen LogP contribution is -2.50. The van der Waals surface area contributed by atoms with Gasteiger partial charge in [0.1, 0.15) is 11.6 Å². The molecule has 0 saturated carbocycles. The molecule has 0 unspecified atom stereocenters. The third-order valence-corrected chi connectivity index (χ3v) is 5.23. The Kier molecular flexibility index (Phi) is 6.72. The van der Waals surface area contributed by atoms with Crippen LogP contribution >= 0.6 is 11.6 Å². The summed E-state index contributed by atoms with van der Waals surface area (Å²) in [6.07, 6.45) is 0. The molecule has 1 fully saturated rings. The number of rotatable bonds is 6. The zero-order valence-corrected chi connectivity index (χ0v) is 17.5. The Morgan fingerprint density at radius 2 is 1.70 bits per heavy atom. The SMILES string of the molecule is CC(=O)c1ccc(N2CCN(C(=O)COc3ccc(Cl)cc3C(C)=O)CC2)c(F)c1. The van der Waals surface area contributed by atoms with Gasteiger partial charge in [-0.25, -0.2) is 4.39 Å². The molecule has 1 amide bonds. The van der Waals surface area contributed by atoms with Gasteiger partial charge in [0, 0.05) is 36.8 Å². The van der Waals surface area contributed by atoms with Gasteiger partial charge in [0.15, 0.2) is 18.2 Å². The average molecular weight is 433 g/mol. The fourth-order valence-corrected chi connectivity index (χ4v) is 3.49. The van der Waals surface area contributed by atoms with Crippen LogP contribution in [0.3, 0.4) is 0 Å². The maximum atomic E-state index is 14.4. The second-order valence-electron chi connectivity index (χ2n) is 7.08. The lowest BCUT2D eigenvalue weighted by molar-refractivity contribution is -0.133. The summed E-state index contributed by atoms with van der Waals surface area (Å²) in [5, 5.41) is 0.415. The molecule has 158 valence electrons. The van der Waals surface area contributed by atoms with Gasteiger partial charge in [0.05, 0.1) is 11.3 Å². The molecule has 0 aliphatic carbocycles. The highest BCUT2D eigenvalue weighted by atomic mass is 35.5. The summed E-state index contributed by atoms with van der Waals surface area (Å²) in [4.78, 5) is 39.1. The van der Waals surface area contributed by atoms with Crippen molar-refractivity contribution >= 4 is 34.8 Å². The number of piperazine rings is 1. The van der Waals surface area contributed by atoms with E-state index in [1.54, 1.807) is 29.2 Å². The van der Waals surface area contributed by atoms with Crippen LogP contribution in [0.4, 0.5) is 10.1 Å². The van der Waals surface area contributed by atoms with Crippen LogP contribution in [0.25, 0.3) is 0 Å². The van der Waals surface area contributed by atoms with E-state index in [0.717, 1.165) is 0 Å². The van der Waals surface area contributed by atoms with Crippen molar-refractivity contribution in [3.05, 3.63) is 58.4 Å². The molecule has 0 aromatic heterocycles. The van der Waals surface area contributed by atoms with E-state index in [4.69, 9.17) is 16.3 Å². The number of benzene rings is 2. The molecule has 0 atom stereocenters. The third-order valence-electron chi connectivity index (χ3n) is 5.00. The van der Waals surface area contributed by atoms with Crippen LogP contribution in [-0.4, -0.2) is 55.2 Å². The van der Waals surface area contributed by atoms with Gasteiger partial charge in [-0.05, 0) is 50.2 Å². The van der Waals surface area contributed by atoms with Gasteiger partial charge in [-0.15, -0.1) is 0 Å². The molecular formula is C22H22ClFN2O4. The topological polar surface area (TPSA) is 66.9 Å². The molecule has 3 rings (SSSR count). The van der Waals surface area contributed by atoms with E-state index < -0.39 is 5.82 Å². The van der Waals surface area contributed by atoms with Crippen LogP contribution in [-0.2, 0) is 4.79 Å². The largest absolute Gasteiger partial charge is 0.483 e. The van der Waals surface area contributed by atoms with E-state index in [1.807, 2.05) is 4.90 Å². The van der Waals surface area contributed by atoms with Crippen molar-refractivity contribution in [3.8, 4) is 5.75 Å². The maximum absolute atomic E-state index is 14.4. The summed E-state index contributed by atoms with van der Waals surface area (Å²) in [5.74, 6) is -0.751. The number of ether oxygens (including phenoxy) is 1. The fraction of sp³-hybridized carbons (Fsp3) is 0.318. The predicted octanol–water partition coefficient (Wildman–Crippen LogP) is 3.61. The van der Waals surface area contributed by atoms with Crippen LogP contribution in [0.2, 0.25) is 5.02 Å². The van der Waals surface area contributed by atoms with Crippen LogP contribution in [0.5, 0.6) is 5.75 Å². The molecule has 1 heterocycles. The first-order chi connectivity index (χ1) is 14.3. The number of carbonyl (C=O) groups is 3. The number of amides is 1. The Morgan fingerprint density at radius 3 is 2.30 bits per heavy atom. The van der Waals surface area contributed by atoms with Gasteiger partial charge < -0.3 is 14.5 Å². The van der Waals surface area contributed by atoms with E-state index in [0.29, 0.717) is 53.8 Å². The number of halogens is 2. The molecule has 0 spiro atoms. The van der Waals surface area contributed by atoms with Crippen molar-refractivity contribution < 1.29 is 23.5 Å². The first kappa shape index (κ1) is 21.8. The Bertz CT molecular complexity index is 987. The smallest absolute Gasteiger partial charge is 0.260 e. The zero-order valence-electron chi connectivity index (χ0n) is 16.8. The lowest BCUT2D eigenvalue weighted by Gasteiger charge is -2.36. The van der Waals surface area contributed by atoms with Crippen LogP contribution in [0.15, 0.2) is 36.4 Å². The molecule has 0 bridgehead atoms. The second-order valence-corrected chi connectivity index (χ2v) is 7.51. The molecule has 30 heavy (non-hydrogen) atoms. The highest BCUT2D eigenvalue weighted by Crippen LogP contribution is 2.24. The van der Waals surface area contributed by atoms with Crippen LogP contribution in [0.1, 0.15) is 34.6 Å². The normalized spacial score (nSPS) is 13.9. The summed E-state index contributed by atoms with van der Waals surface area (Å²) in [7, 11) is 0. The summed E-state index contributed by atoms with van der Waals surface area (Å²) < 4.78 is 19.9. The van der Waals surface area contributed by atoms with Gasteiger partial charge in [0.25, 0.3) is 5.91 Å². The molecular weight excluding hydrogens is 411 g/mol. The van der Waals surface area contributed by atoms with E-state index in [9.17, 15) is 18.8 Å². The number of carbonyl (C=O) groups excluding carboxylic acids is 3. The Balaban J connectivity index is 1.57. The Morgan fingerprint density at radius 1 is 1.00 bits per heavy atom. The van der Waals surface area contributed by atoms with Crippen molar-refractivity contribution in [1.29, 1.82) is 0 Å². The van der Waals surface area contributed by atoms with Gasteiger partial charge in [0.2, 0.25) is 0 Å². The Labute approximate surface area is 179 Å². The number of nitrogens with zero attached hydrogens (tertiary/aromatic N) is 2. The molecule has 2 aromatic carbocycles. The van der Waals surface area contributed by atoms with E-state index >= 15 is 0 Å². The van der Waals surface area contributed by atoms with E-state index in [1.165, 1.54) is 26.0 Å². The standard InChI is InChI=1S/C22H22ClFN2O4/c1-14(27)16-3-5-20(19(24)11-16)25-7-9-26(10-8-25)22(29)13-30-21-6-4-17(23)12-18(21)15(2)28/h3-6,11-12H,7-10,13H2,1-2H3. The minimum Gasteiger partial charge on any atom is -0.483 e. The fourth-order valence-electron chi connectivity index (χ4n) is 3.31. The predicted molar refractivity (Wildman–Crippen MR) is 112 cm³/mol. The van der Waals surface area contributed by atoms with Crippen molar-refractivity contribution in [3.63, 3.8) is 0 Å². The highest BCUT2D eigenvalue weighted by molar-refractivity contribution is 6.31. The van der Waals surface area contributed by atoms with E-state index in [-0.39, 0.29) is 24.1 Å². The summed E-state index contributed by atoms with van der Waals surface area (Å²) >= 11 is 5.91. The molecule has 2 aromatic rings. The molecule has 6 nitrogen and oxygen atoms in total. The third kappa shape index (κ3) is 4.97. The molecule has 1 aliphatic heterocycles. The first-order valence-corrected chi connectivity index (χ1v) is 9.90. The van der Waals surface area contributed by atoms with Crippen LogP contribution in [0, 0.1) is 5.82 Å². The second kappa shape index (κ2) is 9.26. The van der Waals surface area contributed by atoms with Crippen LogP contribution < -0.4 is 9.64 Å². The Hall–Kier alpha value is -2.93. The first-order valence-electron chi connectivity index (χ1n) is 9.52. The minimum absolute atomic E-state index is 0.190. The van der Waals surface area contributed by atoms with Crippen molar-refractivity contribution in [2.45, 2.75) is 13.8 Å². The number of anilines is 1. The number of hydrogen-bond acceptors (Lipinski definition) is 5. The average Bonchev–Trinajstić information content (AvgIpc) is 2.72. The number of hydrogen-bond donors (Lipinski definition) is 0. The summed E-state index contributed by atoms with van der Waals surface area (Å²) in [5.41, 5.74) is 1.06. The quantitative estimate of drug-likeness (QED) is 0.652. The van der Waals surface area contributed by atoms with Crippen molar-refractivity contribution in [2.75, 3.05) is 37.7 Å². The van der Waals surface area contributed by atoms with Gasteiger partial charge in [-0.2, -0.15) is 0 Å².